The van der Waals surface area contributed by atoms with E-state index in [1.54, 1.807) is 0 Å². The van der Waals surface area contributed by atoms with E-state index < -0.39 is 0 Å². The largest absolute Gasteiger partial charge is 0.330 e. The third-order valence-electron chi connectivity index (χ3n) is 2.29. The first-order chi connectivity index (χ1) is 8.40. The highest BCUT2D eigenvalue weighted by Crippen LogP contribution is 2.06. The van der Waals surface area contributed by atoms with Gasteiger partial charge in [-0.3, -0.25) is 5.43 Å². The Bertz CT molecular complexity index is 447. The molecule has 0 aliphatic carbocycles. The molecule has 1 aromatic carbocycles. The molecule has 0 aromatic heterocycles. The lowest BCUT2D eigenvalue weighted by Crippen LogP contribution is -2.15. The van der Waals surface area contributed by atoms with E-state index in [1.165, 1.54) is 0 Å². The van der Waals surface area contributed by atoms with Crippen LogP contribution in [0.1, 0.15) is 12.8 Å². The summed E-state index contributed by atoms with van der Waals surface area (Å²) in [5.74, 6) is 0. The Hall–Kier alpha value is -2.01. The zero-order chi connectivity index (χ0) is 11.9. The Morgan fingerprint density at radius 2 is 2.12 bits per heavy atom. The highest BCUT2D eigenvalue weighted by Gasteiger charge is 2.12. The molecule has 0 amide bonds. The van der Waals surface area contributed by atoms with E-state index in [9.17, 15) is 0 Å². The van der Waals surface area contributed by atoms with Gasteiger partial charge in [0.15, 0.2) is 0 Å². The number of nitrogens with zero attached hydrogens (tertiary/aromatic N) is 3. The molecule has 1 aliphatic heterocycles. The van der Waals surface area contributed by atoms with E-state index in [2.05, 4.69) is 26.9 Å². The van der Waals surface area contributed by atoms with Crippen LogP contribution in [-0.4, -0.2) is 24.2 Å². The summed E-state index contributed by atoms with van der Waals surface area (Å²) >= 11 is 0. The van der Waals surface area contributed by atoms with Gasteiger partial charge in [0.05, 0.1) is 11.4 Å². The normalized spacial score (nSPS) is 16.3. The third-order valence-corrected chi connectivity index (χ3v) is 2.29. The molecular weight excluding hydrogens is 214 g/mol. The highest BCUT2D eigenvalue weighted by molar-refractivity contribution is 6.64. The minimum absolute atomic E-state index is 0.637. The highest BCUT2D eigenvalue weighted by atomic mass is 15.3. The maximum Gasteiger partial charge on any atom is 0.145 e. The van der Waals surface area contributed by atoms with Crippen LogP contribution in [-0.2, 0) is 0 Å². The standard InChI is InChI=1S/C12H14N5/c13-8-4-7-11-12(9-14-16-11)17-15-10-5-2-1-3-6-10/h1-3,5-6,15H,4,7-8,13H2. The molecule has 0 unspecified atom stereocenters. The first kappa shape index (κ1) is 11.5. The predicted octanol–water partition coefficient (Wildman–Crippen LogP) is 1.51. The van der Waals surface area contributed by atoms with Crippen molar-refractivity contribution in [1.29, 1.82) is 0 Å². The van der Waals surface area contributed by atoms with Crippen LogP contribution in [0.5, 0.6) is 0 Å². The Morgan fingerprint density at radius 1 is 1.29 bits per heavy atom. The van der Waals surface area contributed by atoms with Gasteiger partial charge in [0.1, 0.15) is 11.9 Å². The fraction of sp³-hybridized carbons (Fsp3) is 0.250. The third kappa shape index (κ3) is 3.22. The smallest absolute Gasteiger partial charge is 0.145 e. The number of nitrogens with one attached hydrogen (secondary N) is 1. The van der Waals surface area contributed by atoms with Crippen molar-refractivity contribution in [2.24, 2.45) is 21.0 Å². The number of nitrogens with two attached hydrogens (primary N) is 1. The minimum Gasteiger partial charge on any atom is -0.330 e. The van der Waals surface area contributed by atoms with E-state index in [0.29, 0.717) is 12.3 Å². The predicted molar refractivity (Wildman–Crippen MR) is 70.7 cm³/mol. The summed E-state index contributed by atoms with van der Waals surface area (Å²) in [7, 11) is 0. The molecule has 5 heteroatoms. The van der Waals surface area contributed by atoms with Crippen LogP contribution in [0.3, 0.4) is 0 Å². The van der Waals surface area contributed by atoms with Gasteiger partial charge in [0.2, 0.25) is 0 Å². The van der Waals surface area contributed by atoms with Crippen molar-refractivity contribution < 1.29 is 0 Å². The van der Waals surface area contributed by atoms with Crippen molar-refractivity contribution in [3.8, 4) is 0 Å². The number of anilines is 1. The average molecular weight is 228 g/mol. The van der Waals surface area contributed by atoms with Gasteiger partial charge in [-0.2, -0.15) is 10.2 Å². The molecule has 3 N–H and O–H groups in total. The minimum atomic E-state index is 0.637. The van der Waals surface area contributed by atoms with Crippen molar-refractivity contribution >= 4 is 23.3 Å². The van der Waals surface area contributed by atoms with E-state index in [0.717, 1.165) is 24.2 Å². The SMILES string of the molecule is NCCCC1=NN=[C]C1=NNc1ccccc1. The second-order valence-electron chi connectivity index (χ2n) is 3.59. The maximum absolute atomic E-state index is 5.46. The average Bonchev–Trinajstić information content (AvgIpc) is 2.82. The van der Waals surface area contributed by atoms with Crippen LogP contribution >= 0.6 is 0 Å². The Morgan fingerprint density at radius 3 is 2.88 bits per heavy atom. The van der Waals surface area contributed by atoms with E-state index in [-0.39, 0.29) is 0 Å². The van der Waals surface area contributed by atoms with Crippen molar-refractivity contribution in [3.63, 3.8) is 0 Å². The lowest BCUT2D eigenvalue weighted by Gasteiger charge is -2.02. The first-order valence-corrected chi connectivity index (χ1v) is 5.52. The summed E-state index contributed by atoms with van der Waals surface area (Å²) in [5.41, 5.74) is 10.8. The molecule has 87 valence electrons. The van der Waals surface area contributed by atoms with Gasteiger partial charge in [0.25, 0.3) is 0 Å². The van der Waals surface area contributed by atoms with Gasteiger partial charge in [-0.25, -0.2) is 0 Å². The molecule has 0 fully saturated rings. The summed E-state index contributed by atoms with van der Waals surface area (Å²) in [6, 6.07) is 9.71. The van der Waals surface area contributed by atoms with Gasteiger partial charge < -0.3 is 5.73 Å². The molecular formula is C12H14N5. The van der Waals surface area contributed by atoms with Crippen molar-refractivity contribution in [1.82, 2.24) is 0 Å². The van der Waals surface area contributed by atoms with Crippen LogP contribution in [0.2, 0.25) is 0 Å². The number of benzene rings is 1. The molecule has 0 saturated carbocycles. The second kappa shape index (κ2) is 5.91. The van der Waals surface area contributed by atoms with Crippen LogP contribution in [0, 0.1) is 0 Å². The quantitative estimate of drug-likeness (QED) is 0.749. The molecule has 1 aliphatic rings. The number of hydrogen-bond donors (Lipinski definition) is 2. The lowest BCUT2D eigenvalue weighted by atomic mass is 10.1. The molecule has 0 saturated heterocycles. The molecule has 1 aromatic rings. The molecule has 1 radical (unpaired) electrons. The Labute approximate surface area is 100 Å². The number of hydrogen-bond acceptors (Lipinski definition) is 5. The van der Waals surface area contributed by atoms with Crippen LogP contribution in [0.15, 0.2) is 45.6 Å². The maximum atomic E-state index is 5.46. The molecule has 17 heavy (non-hydrogen) atoms. The number of hydrazone groups is 1. The van der Waals surface area contributed by atoms with E-state index >= 15 is 0 Å². The molecule has 5 nitrogen and oxygen atoms in total. The summed E-state index contributed by atoms with van der Waals surface area (Å²) in [6.45, 7) is 0.637. The number of para-hydroxylation sites is 1. The molecule has 1 heterocycles. The second-order valence-corrected chi connectivity index (χ2v) is 3.59. The van der Waals surface area contributed by atoms with Crippen molar-refractivity contribution in [2.45, 2.75) is 12.8 Å². The summed E-state index contributed by atoms with van der Waals surface area (Å²) in [4.78, 5) is 0. The molecule has 0 spiro atoms. The van der Waals surface area contributed by atoms with Crippen molar-refractivity contribution in [3.05, 3.63) is 30.3 Å². The summed E-state index contributed by atoms with van der Waals surface area (Å²) in [5, 5.41) is 11.9. The summed E-state index contributed by atoms with van der Waals surface area (Å²) in [6.07, 6.45) is 4.41. The topological polar surface area (TPSA) is 75.1 Å². The van der Waals surface area contributed by atoms with Crippen LogP contribution in [0.25, 0.3) is 0 Å². The van der Waals surface area contributed by atoms with Gasteiger partial charge in [0, 0.05) is 0 Å². The Kier molecular flexibility index (Phi) is 3.99. The van der Waals surface area contributed by atoms with Crippen LogP contribution < -0.4 is 11.2 Å². The fourth-order valence-electron chi connectivity index (χ4n) is 1.41. The zero-order valence-electron chi connectivity index (χ0n) is 9.43. The summed E-state index contributed by atoms with van der Waals surface area (Å²) < 4.78 is 0. The van der Waals surface area contributed by atoms with Crippen molar-refractivity contribution in [2.75, 3.05) is 12.0 Å². The molecule has 2 rings (SSSR count). The zero-order valence-corrected chi connectivity index (χ0v) is 9.43. The first-order valence-electron chi connectivity index (χ1n) is 5.52. The Balaban J connectivity index is 1.97. The lowest BCUT2D eigenvalue weighted by molar-refractivity contribution is 0.879. The van der Waals surface area contributed by atoms with Gasteiger partial charge >= 0.3 is 0 Å². The monoisotopic (exact) mass is 228 g/mol. The molecule has 0 bridgehead atoms. The van der Waals surface area contributed by atoms with E-state index in [4.69, 9.17) is 5.73 Å². The van der Waals surface area contributed by atoms with Crippen LogP contribution in [0.4, 0.5) is 5.69 Å². The number of rotatable bonds is 5. The molecule has 0 atom stereocenters. The van der Waals surface area contributed by atoms with Gasteiger partial charge in [-0.05, 0) is 31.5 Å². The van der Waals surface area contributed by atoms with E-state index in [1.807, 2.05) is 30.3 Å². The van der Waals surface area contributed by atoms with Gasteiger partial charge in [-0.1, -0.05) is 18.2 Å². The van der Waals surface area contributed by atoms with Gasteiger partial charge in [-0.15, -0.1) is 5.10 Å². The fourth-order valence-corrected chi connectivity index (χ4v) is 1.41.